The second-order valence-corrected chi connectivity index (χ2v) is 22.9. The molecule has 1 heterocycles. The van der Waals surface area contributed by atoms with E-state index in [1.807, 2.05) is 0 Å². The van der Waals surface area contributed by atoms with Gasteiger partial charge >= 0.3 is 274 Å². The van der Waals surface area contributed by atoms with E-state index in [1.54, 1.807) is 0 Å². The summed E-state index contributed by atoms with van der Waals surface area (Å²) in [6, 6.07) is 60.1. The second-order valence-electron chi connectivity index (χ2n) is 12.4. The molecule has 1 aliphatic heterocycles. The Morgan fingerprint density at radius 1 is 0.289 bits per heavy atom. The van der Waals surface area contributed by atoms with Crippen molar-refractivity contribution in [2.24, 2.45) is 0 Å². The zero-order chi connectivity index (χ0) is 31.0. The van der Waals surface area contributed by atoms with Gasteiger partial charge in [-0.2, -0.15) is 0 Å². The van der Waals surface area contributed by atoms with Crippen molar-refractivity contribution in [3.05, 3.63) is 202 Å². The van der Waals surface area contributed by atoms with Gasteiger partial charge in [0.25, 0.3) is 0 Å². The van der Waals surface area contributed by atoms with E-state index in [1.165, 1.54) is 70.0 Å². The van der Waals surface area contributed by atoms with E-state index in [9.17, 15) is 0 Å². The average molecular weight is 685 g/mol. The fraction of sp³-hybridized carbons (Fsp3) is 0.0909. The van der Waals surface area contributed by atoms with Gasteiger partial charge < -0.3 is 0 Å². The van der Waals surface area contributed by atoms with Crippen LogP contribution in [0.3, 0.4) is 0 Å². The molecule has 218 valence electrons. The predicted octanol–water partition coefficient (Wildman–Crippen LogP) is 9.80. The Bertz CT molecular complexity index is 1860. The molecule has 0 aromatic heterocycles. The fourth-order valence-corrected chi connectivity index (χ4v) is 23.1. The van der Waals surface area contributed by atoms with Gasteiger partial charge in [-0.1, -0.05) is 0 Å². The van der Waals surface area contributed by atoms with Gasteiger partial charge in [0.15, 0.2) is 0 Å². The molecule has 0 radical (unpaired) electrons. The van der Waals surface area contributed by atoms with Crippen molar-refractivity contribution in [1.29, 1.82) is 0 Å². The van der Waals surface area contributed by atoms with Crippen LogP contribution in [0.1, 0.15) is 44.5 Å². The molecular weight excluding hydrogens is 647 g/mol. The van der Waals surface area contributed by atoms with E-state index in [0.29, 0.717) is 0 Å². The molecule has 0 spiro atoms. The van der Waals surface area contributed by atoms with E-state index in [2.05, 4.69) is 185 Å². The minimum absolute atomic E-state index is 1.27. The van der Waals surface area contributed by atoms with Crippen molar-refractivity contribution in [2.75, 3.05) is 0 Å². The van der Waals surface area contributed by atoms with Gasteiger partial charge in [0, 0.05) is 0 Å². The second kappa shape index (κ2) is 12.2. The van der Waals surface area contributed by atoms with Crippen LogP contribution in [-0.4, -0.2) is 18.4 Å². The molecule has 1 aliphatic rings. The molecule has 0 unspecified atom stereocenters. The molecule has 0 amide bonds. The topological polar surface area (TPSA) is 0 Å². The van der Waals surface area contributed by atoms with Crippen molar-refractivity contribution in [3.8, 4) is 0 Å². The van der Waals surface area contributed by atoms with Crippen molar-refractivity contribution in [3.63, 3.8) is 0 Å². The molecule has 0 saturated heterocycles. The summed E-state index contributed by atoms with van der Waals surface area (Å²) in [7, 11) is 0. The van der Waals surface area contributed by atoms with Crippen molar-refractivity contribution < 1.29 is 0 Å². The Kier molecular flexibility index (Phi) is 7.93. The van der Waals surface area contributed by atoms with Crippen LogP contribution in [0.4, 0.5) is 0 Å². The third-order valence-corrected chi connectivity index (χ3v) is 23.5. The van der Waals surface area contributed by atoms with Crippen molar-refractivity contribution >= 4 is 43.9 Å². The van der Waals surface area contributed by atoms with Gasteiger partial charge in [0.2, 0.25) is 0 Å². The minimum atomic E-state index is -4.11. The SMILES string of the molecule is Cc1ccc(C2=[C](c3ccc(C)cc3)[Sn]([c]3ccccc3)([c]3ccccc3)[C](c3ccc(C)cc3)=C2c2ccc(C)cc2)cc1. The molecule has 7 rings (SSSR count). The monoisotopic (exact) mass is 686 g/mol. The summed E-state index contributed by atoms with van der Waals surface area (Å²) in [6.45, 7) is 8.73. The Morgan fingerprint density at radius 3 is 0.844 bits per heavy atom. The Morgan fingerprint density at radius 2 is 0.556 bits per heavy atom. The Balaban J connectivity index is 1.77. The molecule has 0 N–H and O–H groups in total. The van der Waals surface area contributed by atoms with Crippen LogP contribution < -0.4 is 7.16 Å². The Labute approximate surface area is 272 Å². The van der Waals surface area contributed by atoms with E-state index in [-0.39, 0.29) is 0 Å². The molecule has 0 saturated carbocycles. The molecular formula is C44H38Sn. The molecule has 6 aromatic carbocycles. The van der Waals surface area contributed by atoms with Crippen molar-refractivity contribution in [1.82, 2.24) is 0 Å². The molecule has 0 atom stereocenters. The number of allylic oxidation sites excluding steroid dienone is 2. The fourth-order valence-electron chi connectivity index (χ4n) is 7.05. The summed E-state index contributed by atoms with van der Waals surface area (Å²) < 4.78 is 5.99. The van der Waals surface area contributed by atoms with Crippen LogP contribution in [0.2, 0.25) is 0 Å². The van der Waals surface area contributed by atoms with E-state index >= 15 is 0 Å². The summed E-state index contributed by atoms with van der Waals surface area (Å²) >= 11 is -4.11. The predicted molar refractivity (Wildman–Crippen MR) is 196 cm³/mol. The molecule has 45 heavy (non-hydrogen) atoms. The zero-order valence-corrected chi connectivity index (χ0v) is 29.4. The molecule has 6 aromatic rings. The van der Waals surface area contributed by atoms with Gasteiger partial charge in [-0.15, -0.1) is 0 Å². The van der Waals surface area contributed by atoms with Gasteiger partial charge in [0.05, 0.1) is 0 Å². The maximum atomic E-state index is 2.41. The summed E-state index contributed by atoms with van der Waals surface area (Å²) in [5, 5.41) is 0. The maximum absolute atomic E-state index is 4.11. The van der Waals surface area contributed by atoms with Gasteiger partial charge in [-0.3, -0.25) is 0 Å². The zero-order valence-electron chi connectivity index (χ0n) is 26.5. The normalized spacial score (nSPS) is 14.2. The van der Waals surface area contributed by atoms with Crippen LogP contribution in [0.5, 0.6) is 0 Å². The van der Waals surface area contributed by atoms with E-state index < -0.39 is 18.4 Å². The third-order valence-electron chi connectivity index (χ3n) is 9.27. The van der Waals surface area contributed by atoms with Gasteiger partial charge in [0.1, 0.15) is 0 Å². The first-order valence-corrected chi connectivity index (χ1v) is 21.6. The van der Waals surface area contributed by atoms with Gasteiger partial charge in [-0.25, -0.2) is 0 Å². The summed E-state index contributed by atoms with van der Waals surface area (Å²) in [6.07, 6.45) is 0. The molecule has 0 aliphatic carbocycles. The summed E-state index contributed by atoms with van der Waals surface area (Å²) in [4.78, 5) is 0. The molecule has 0 bridgehead atoms. The Hall–Kier alpha value is -4.40. The number of rotatable bonds is 6. The van der Waals surface area contributed by atoms with E-state index in [0.717, 1.165) is 0 Å². The first-order valence-electron chi connectivity index (χ1n) is 15.9. The van der Waals surface area contributed by atoms with Crippen LogP contribution in [0.15, 0.2) is 158 Å². The number of benzene rings is 6. The number of hydrogen-bond acceptors (Lipinski definition) is 0. The van der Waals surface area contributed by atoms with Gasteiger partial charge in [-0.05, 0) is 0 Å². The number of hydrogen-bond donors (Lipinski definition) is 0. The summed E-state index contributed by atoms with van der Waals surface area (Å²) in [5.74, 6) is 0. The average Bonchev–Trinajstić information content (AvgIpc) is 3.39. The summed E-state index contributed by atoms with van der Waals surface area (Å²) in [5.41, 5.74) is 13.1. The first-order chi connectivity index (χ1) is 22.0. The van der Waals surface area contributed by atoms with E-state index in [4.69, 9.17) is 0 Å². The number of aryl methyl sites for hydroxylation is 4. The third kappa shape index (κ3) is 5.22. The van der Waals surface area contributed by atoms with Crippen LogP contribution in [-0.2, 0) is 0 Å². The van der Waals surface area contributed by atoms with Crippen LogP contribution in [0.25, 0.3) is 18.3 Å². The molecule has 0 nitrogen and oxygen atoms in total. The molecule has 1 heteroatoms. The van der Waals surface area contributed by atoms with Crippen molar-refractivity contribution in [2.45, 2.75) is 27.7 Å². The first kappa shape index (κ1) is 29.3. The van der Waals surface area contributed by atoms with Crippen LogP contribution >= 0.6 is 0 Å². The quantitative estimate of drug-likeness (QED) is 0.153. The van der Waals surface area contributed by atoms with Crippen LogP contribution in [0, 0.1) is 27.7 Å². The standard InChI is InChI=1S/C32H28.2C6H5.Sn/c1-23-5-13-27(14-6-23)21-31(29-17-9-25(3)10-18-29)32(30-19-11-26(4)12-20-30)22-28-15-7-24(2)8-16-28;2*1-2-4-6-5-3-1;/h5-20H,1-4H3;2*1-5H;. The molecule has 0 fully saturated rings.